The van der Waals surface area contributed by atoms with E-state index in [1.54, 1.807) is 31.2 Å². The highest BCUT2D eigenvalue weighted by atomic mass is 19.1. The molecule has 0 radical (unpaired) electrons. The minimum atomic E-state index is -1.28. The molecule has 3 amide bonds. The molecule has 1 heterocycles. The molecule has 0 aliphatic carbocycles. The summed E-state index contributed by atoms with van der Waals surface area (Å²) in [6, 6.07) is 11.7. The number of ketones is 1. The van der Waals surface area contributed by atoms with Crippen LogP contribution in [-0.2, 0) is 10.3 Å². The summed E-state index contributed by atoms with van der Waals surface area (Å²) in [6.45, 7) is 3.33. The van der Waals surface area contributed by atoms with Gasteiger partial charge in [-0.15, -0.1) is 0 Å². The van der Waals surface area contributed by atoms with Crippen LogP contribution in [0.25, 0.3) is 0 Å². The van der Waals surface area contributed by atoms with Crippen molar-refractivity contribution < 1.29 is 18.8 Å². The summed E-state index contributed by atoms with van der Waals surface area (Å²) in [5.41, 5.74) is 0.660. The van der Waals surface area contributed by atoms with Crippen molar-refractivity contribution in [1.82, 2.24) is 10.2 Å². The molecule has 26 heavy (non-hydrogen) atoms. The van der Waals surface area contributed by atoms with Gasteiger partial charge in [-0.3, -0.25) is 14.5 Å². The molecule has 2 aromatic rings. The van der Waals surface area contributed by atoms with Gasteiger partial charge in [-0.05, 0) is 31.0 Å². The van der Waals surface area contributed by atoms with E-state index in [0.717, 1.165) is 10.5 Å². The average Bonchev–Trinajstić information content (AvgIpc) is 2.88. The van der Waals surface area contributed by atoms with Crippen LogP contribution >= 0.6 is 0 Å². The Morgan fingerprint density at radius 2 is 1.69 bits per heavy atom. The third-order valence-corrected chi connectivity index (χ3v) is 4.72. The van der Waals surface area contributed by atoms with Crippen molar-refractivity contribution in [1.29, 1.82) is 0 Å². The fourth-order valence-corrected chi connectivity index (χ4v) is 3.12. The van der Waals surface area contributed by atoms with E-state index in [-0.39, 0.29) is 12.3 Å². The van der Waals surface area contributed by atoms with E-state index < -0.39 is 23.3 Å². The second kappa shape index (κ2) is 6.71. The molecule has 0 aromatic heterocycles. The Morgan fingerprint density at radius 3 is 2.27 bits per heavy atom. The van der Waals surface area contributed by atoms with Crippen LogP contribution in [0.2, 0.25) is 0 Å². The average molecular weight is 354 g/mol. The van der Waals surface area contributed by atoms with Gasteiger partial charge < -0.3 is 5.32 Å². The van der Waals surface area contributed by atoms with Gasteiger partial charge in [0.05, 0.1) is 6.54 Å². The number of nitrogens with zero attached hydrogens (tertiary/aromatic N) is 1. The highest BCUT2D eigenvalue weighted by Crippen LogP contribution is 2.32. The maximum atomic E-state index is 13.2. The number of aryl methyl sites for hydroxylation is 1. The lowest BCUT2D eigenvalue weighted by atomic mass is 9.87. The van der Waals surface area contributed by atoms with Crippen LogP contribution in [0.4, 0.5) is 9.18 Å². The molecule has 0 bridgehead atoms. The summed E-state index contributed by atoms with van der Waals surface area (Å²) in [6.07, 6.45) is 0.290. The van der Waals surface area contributed by atoms with E-state index >= 15 is 0 Å². The van der Waals surface area contributed by atoms with Gasteiger partial charge in [0.15, 0.2) is 5.78 Å². The first-order valence-corrected chi connectivity index (χ1v) is 8.37. The molecule has 1 aliphatic heterocycles. The first kappa shape index (κ1) is 17.8. The van der Waals surface area contributed by atoms with Crippen LogP contribution in [0.3, 0.4) is 0 Å². The second-order valence-corrected chi connectivity index (χ2v) is 6.38. The van der Waals surface area contributed by atoms with E-state index in [9.17, 15) is 18.8 Å². The Morgan fingerprint density at radius 1 is 1.08 bits per heavy atom. The van der Waals surface area contributed by atoms with Crippen molar-refractivity contribution in [3.05, 3.63) is 71.0 Å². The van der Waals surface area contributed by atoms with Crippen molar-refractivity contribution >= 4 is 17.7 Å². The lowest BCUT2D eigenvalue weighted by molar-refractivity contribution is -0.131. The van der Waals surface area contributed by atoms with Crippen molar-refractivity contribution in [3.63, 3.8) is 0 Å². The molecular weight excluding hydrogens is 335 g/mol. The molecule has 134 valence electrons. The van der Waals surface area contributed by atoms with Crippen LogP contribution in [0, 0.1) is 12.7 Å². The molecule has 1 N–H and O–H groups in total. The van der Waals surface area contributed by atoms with Crippen LogP contribution in [0.1, 0.15) is 34.8 Å². The second-order valence-electron chi connectivity index (χ2n) is 6.38. The van der Waals surface area contributed by atoms with Gasteiger partial charge in [0.1, 0.15) is 11.4 Å². The normalized spacial score (nSPS) is 19.6. The van der Waals surface area contributed by atoms with Gasteiger partial charge in [0.2, 0.25) is 0 Å². The third-order valence-electron chi connectivity index (χ3n) is 4.72. The molecule has 1 atom stereocenters. The van der Waals surface area contributed by atoms with E-state index in [0.29, 0.717) is 17.5 Å². The van der Waals surface area contributed by atoms with Crippen molar-refractivity contribution in [3.8, 4) is 0 Å². The van der Waals surface area contributed by atoms with Crippen LogP contribution in [-0.4, -0.2) is 29.2 Å². The van der Waals surface area contributed by atoms with Gasteiger partial charge in [-0.25, -0.2) is 9.18 Å². The van der Waals surface area contributed by atoms with Crippen molar-refractivity contribution in [2.75, 3.05) is 6.54 Å². The van der Waals surface area contributed by atoms with Gasteiger partial charge >= 0.3 is 6.03 Å². The largest absolute Gasteiger partial charge is 0.325 e. The summed E-state index contributed by atoms with van der Waals surface area (Å²) in [4.78, 5) is 38.7. The van der Waals surface area contributed by atoms with Crippen LogP contribution in [0.15, 0.2) is 48.5 Å². The van der Waals surface area contributed by atoms with Gasteiger partial charge in [-0.1, -0.05) is 48.9 Å². The standard InChI is InChI=1S/C20H19FN2O3/c1-3-20(15-8-10-16(21)11-9-15)18(25)23(19(26)22-20)12-17(24)14-6-4-13(2)5-7-14/h4-11H,3,12H2,1-2H3,(H,22,26). The monoisotopic (exact) mass is 354 g/mol. The molecule has 1 aliphatic rings. The molecule has 0 saturated carbocycles. The maximum Gasteiger partial charge on any atom is 0.325 e. The van der Waals surface area contributed by atoms with Crippen molar-refractivity contribution in [2.45, 2.75) is 25.8 Å². The molecule has 1 saturated heterocycles. The number of benzene rings is 2. The fourth-order valence-electron chi connectivity index (χ4n) is 3.12. The molecule has 5 nitrogen and oxygen atoms in total. The zero-order valence-electron chi connectivity index (χ0n) is 14.6. The predicted octanol–water partition coefficient (Wildman–Crippen LogP) is 3.17. The maximum absolute atomic E-state index is 13.2. The van der Waals surface area contributed by atoms with Gasteiger partial charge in [0, 0.05) is 5.56 Å². The van der Waals surface area contributed by atoms with Crippen molar-refractivity contribution in [2.24, 2.45) is 0 Å². The summed E-state index contributed by atoms with van der Waals surface area (Å²) in [7, 11) is 0. The molecular formula is C20H19FN2O3. The number of amides is 3. The van der Waals surface area contributed by atoms with Gasteiger partial charge in [0.25, 0.3) is 5.91 Å². The molecule has 2 aromatic carbocycles. The lowest BCUT2D eigenvalue weighted by Crippen LogP contribution is -2.43. The predicted molar refractivity (Wildman–Crippen MR) is 94.1 cm³/mol. The number of nitrogens with one attached hydrogen (secondary N) is 1. The van der Waals surface area contributed by atoms with Gasteiger partial charge in [-0.2, -0.15) is 0 Å². The number of carbonyl (C=O) groups is 3. The molecule has 1 fully saturated rings. The molecule has 6 heteroatoms. The fraction of sp³-hybridized carbons (Fsp3) is 0.250. The first-order chi connectivity index (χ1) is 12.4. The zero-order chi connectivity index (χ0) is 18.9. The van der Waals surface area contributed by atoms with Crippen LogP contribution in [0.5, 0.6) is 0 Å². The van der Waals surface area contributed by atoms with E-state index in [2.05, 4.69) is 5.32 Å². The smallest absolute Gasteiger partial charge is 0.319 e. The molecule has 0 spiro atoms. The van der Waals surface area contributed by atoms with E-state index in [1.807, 2.05) is 6.92 Å². The number of hydrogen-bond acceptors (Lipinski definition) is 3. The first-order valence-electron chi connectivity index (χ1n) is 8.37. The minimum absolute atomic E-state index is 0.290. The third kappa shape index (κ3) is 2.98. The highest BCUT2D eigenvalue weighted by Gasteiger charge is 2.51. The minimum Gasteiger partial charge on any atom is -0.319 e. The topological polar surface area (TPSA) is 66.5 Å². The number of halogens is 1. The van der Waals surface area contributed by atoms with E-state index in [1.165, 1.54) is 24.3 Å². The molecule has 3 rings (SSSR count). The Kier molecular flexibility index (Phi) is 4.59. The Hall–Kier alpha value is -3.02. The number of rotatable bonds is 5. The number of urea groups is 1. The number of imide groups is 1. The number of Topliss-reactive ketones (excluding diaryl/α,β-unsaturated/α-hetero) is 1. The quantitative estimate of drug-likeness (QED) is 0.662. The molecule has 1 unspecified atom stereocenters. The summed E-state index contributed by atoms with van der Waals surface area (Å²) >= 11 is 0. The van der Waals surface area contributed by atoms with Crippen LogP contribution < -0.4 is 5.32 Å². The number of carbonyl (C=O) groups excluding carboxylic acids is 3. The lowest BCUT2D eigenvalue weighted by Gasteiger charge is -2.25. The Bertz CT molecular complexity index is 862. The van der Waals surface area contributed by atoms with E-state index in [4.69, 9.17) is 0 Å². The SMILES string of the molecule is CCC1(c2ccc(F)cc2)NC(=O)N(CC(=O)c2ccc(C)cc2)C1=O. The highest BCUT2D eigenvalue weighted by molar-refractivity contribution is 6.11. The summed E-state index contributed by atoms with van der Waals surface area (Å²) in [5, 5.41) is 2.68. The Balaban J connectivity index is 1.87. The Labute approximate surface area is 150 Å². The summed E-state index contributed by atoms with van der Waals surface area (Å²) in [5.74, 6) is -1.25. The number of hydrogen-bond donors (Lipinski definition) is 1. The summed E-state index contributed by atoms with van der Waals surface area (Å²) < 4.78 is 13.2. The zero-order valence-corrected chi connectivity index (χ0v) is 14.6.